The van der Waals surface area contributed by atoms with Crippen molar-refractivity contribution in [2.75, 3.05) is 6.54 Å². The molecular weight excluding hydrogens is 274 g/mol. The number of carbonyl (C=O) groups is 2. The molecule has 5 atom stereocenters. The molecule has 0 spiro atoms. The molecule has 0 unspecified atom stereocenters. The van der Waals surface area contributed by atoms with Crippen molar-refractivity contribution in [3.63, 3.8) is 0 Å². The lowest BCUT2D eigenvalue weighted by Gasteiger charge is -2.59. The molecule has 0 aromatic heterocycles. The largest absolute Gasteiger partial charge is 0.337 e. The van der Waals surface area contributed by atoms with Crippen LogP contribution in [0, 0.1) is 23.2 Å². The summed E-state index contributed by atoms with van der Waals surface area (Å²) in [5.74, 6) is 2.76. The van der Waals surface area contributed by atoms with Crippen molar-refractivity contribution < 1.29 is 9.59 Å². The summed E-state index contributed by atoms with van der Waals surface area (Å²) in [7, 11) is 0. The number of hydrogen-bond acceptors (Lipinski definition) is 2. The maximum atomic E-state index is 12.5. The Morgan fingerprint density at radius 2 is 1.77 bits per heavy atom. The van der Waals surface area contributed by atoms with Crippen molar-refractivity contribution in [3.8, 4) is 0 Å². The standard InChI is InChI=1S/C19H29NO2/c1-18-11-8-15-13(14(18)6-7-16(18)21)9-12-20-17(22)5-3-4-10-19(15,20)2/h13-15H,3-12H2,1-2H3/t13-,14-,15-,18-,19+/m0/s1. The van der Waals surface area contributed by atoms with Crippen LogP contribution in [0.2, 0.25) is 0 Å². The lowest BCUT2D eigenvalue weighted by molar-refractivity contribution is -0.154. The summed E-state index contributed by atoms with van der Waals surface area (Å²) in [5, 5.41) is 0. The van der Waals surface area contributed by atoms with Gasteiger partial charge in [-0.3, -0.25) is 9.59 Å². The molecule has 2 aliphatic heterocycles. The predicted octanol–water partition coefficient (Wildman–Crippen LogP) is 3.56. The molecule has 0 radical (unpaired) electrons. The third kappa shape index (κ3) is 1.80. The topological polar surface area (TPSA) is 37.4 Å². The van der Waals surface area contributed by atoms with Crippen molar-refractivity contribution in [1.29, 1.82) is 0 Å². The monoisotopic (exact) mass is 303 g/mol. The van der Waals surface area contributed by atoms with E-state index >= 15 is 0 Å². The predicted molar refractivity (Wildman–Crippen MR) is 85.3 cm³/mol. The molecule has 4 rings (SSSR count). The van der Waals surface area contributed by atoms with Gasteiger partial charge < -0.3 is 4.90 Å². The van der Waals surface area contributed by atoms with Gasteiger partial charge in [-0.05, 0) is 63.2 Å². The second-order valence-electron chi connectivity index (χ2n) is 8.69. The van der Waals surface area contributed by atoms with Crippen LogP contribution in [-0.2, 0) is 9.59 Å². The fourth-order valence-electron chi connectivity index (χ4n) is 6.59. The van der Waals surface area contributed by atoms with E-state index in [9.17, 15) is 9.59 Å². The minimum absolute atomic E-state index is 0.0472. The molecule has 3 heteroatoms. The Bertz CT molecular complexity index is 516. The molecule has 3 nitrogen and oxygen atoms in total. The number of carbonyl (C=O) groups excluding carboxylic acids is 2. The van der Waals surface area contributed by atoms with E-state index in [2.05, 4.69) is 18.7 Å². The van der Waals surface area contributed by atoms with Crippen LogP contribution < -0.4 is 0 Å². The van der Waals surface area contributed by atoms with E-state index in [0.717, 1.165) is 57.9 Å². The normalized spacial score (nSPS) is 48.5. The molecule has 0 N–H and O–H groups in total. The van der Waals surface area contributed by atoms with E-state index in [4.69, 9.17) is 0 Å². The first-order chi connectivity index (χ1) is 10.5. The number of piperidine rings is 1. The summed E-state index contributed by atoms with van der Waals surface area (Å²) in [6.07, 6.45) is 9.36. The maximum absolute atomic E-state index is 12.5. The number of nitrogens with zero attached hydrogens (tertiary/aromatic N) is 1. The first kappa shape index (κ1) is 14.7. The highest BCUT2D eigenvalue weighted by Gasteiger charge is 2.59. The number of rotatable bonds is 0. The van der Waals surface area contributed by atoms with Gasteiger partial charge in [0, 0.05) is 30.3 Å². The van der Waals surface area contributed by atoms with Gasteiger partial charge in [-0.15, -0.1) is 0 Å². The van der Waals surface area contributed by atoms with Crippen molar-refractivity contribution in [3.05, 3.63) is 0 Å². The van der Waals surface area contributed by atoms with Gasteiger partial charge in [-0.2, -0.15) is 0 Å². The Hall–Kier alpha value is -0.860. The summed E-state index contributed by atoms with van der Waals surface area (Å²) in [4.78, 5) is 27.2. The van der Waals surface area contributed by atoms with Gasteiger partial charge in [-0.1, -0.05) is 13.3 Å². The summed E-state index contributed by atoms with van der Waals surface area (Å²) in [6, 6.07) is 0. The molecule has 2 aliphatic carbocycles. The Labute approximate surface area is 133 Å². The Kier molecular flexibility index (Phi) is 3.22. The van der Waals surface area contributed by atoms with E-state index < -0.39 is 0 Å². The highest BCUT2D eigenvalue weighted by Crippen LogP contribution is 2.60. The Balaban J connectivity index is 1.68. The average Bonchev–Trinajstić information content (AvgIpc) is 2.70. The zero-order valence-electron chi connectivity index (χ0n) is 14.1. The molecule has 2 heterocycles. The van der Waals surface area contributed by atoms with Gasteiger partial charge >= 0.3 is 0 Å². The van der Waals surface area contributed by atoms with E-state index in [1.165, 1.54) is 6.42 Å². The molecule has 22 heavy (non-hydrogen) atoms. The van der Waals surface area contributed by atoms with Crippen LogP contribution in [-0.4, -0.2) is 28.7 Å². The quantitative estimate of drug-likeness (QED) is 0.686. The first-order valence-electron chi connectivity index (χ1n) is 9.30. The van der Waals surface area contributed by atoms with E-state index in [1.807, 2.05) is 0 Å². The second kappa shape index (κ2) is 4.82. The van der Waals surface area contributed by atoms with Crippen molar-refractivity contribution in [2.45, 2.75) is 77.2 Å². The van der Waals surface area contributed by atoms with Gasteiger partial charge in [-0.25, -0.2) is 0 Å². The van der Waals surface area contributed by atoms with E-state index in [1.54, 1.807) is 0 Å². The minimum Gasteiger partial charge on any atom is -0.337 e. The highest BCUT2D eigenvalue weighted by molar-refractivity contribution is 5.87. The Morgan fingerprint density at radius 1 is 0.955 bits per heavy atom. The smallest absolute Gasteiger partial charge is 0.223 e. The van der Waals surface area contributed by atoms with Gasteiger partial charge in [0.05, 0.1) is 0 Å². The summed E-state index contributed by atoms with van der Waals surface area (Å²) >= 11 is 0. The first-order valence-corrected chi connectivity index (χ1v) is 9.30. The number of fused-ring (bicyclic) bond motifs is 5. The van der Waals surface area contributed by atoms with Gasteiger partial charge in [0.25, 0.3) is 0 Å². The molecule has 0 aromatic rings. The van der Waals surface area contributed by atoms with Crippen molar-refractivity contribution in [1.82, 2.24) is 4.90 Å². The van der Waals surface area contributed by atoms with E-state index in [-0.39, 0.29) is 11.0 Å². The molecule has 2 saturated heterocycles. The fraction of sp³-hybridized carbons (Fsp3) is 0.895. The number of hydrogen-bond donors (Lipinski definition) is 0. The van der Waals surface area contributed by atoms with Crippen LogP contribution >= 0.6 is 0 Å². The van der Waals surface area contributed by atoms with Crippen LogP contribution in [0.1, 0.15) is 71.6 Å². The molecule has 4 fully saturated rings. The van der Waals surface area contributed by atoms with Gasteiger partial charge in [0.1, 0.15) is 5.78 Å². The third-order valence-corrected chi connectivity index (χ3v) is 7.87. The number of amides is 1. The SMILES string of the molecule is C[C@]12CC[C@H]3[C@@H](CCN4C(=O)CCCC[C@]34C)[C@@H]1CCC2=O. The lowest BCUT2D eigenvalue weighted by Crippen LogP contribution is -2.62. The number of ketones is 1. The molecular formula is C19H29NO2. The molecule has 1 amide bonds. The minimum atomic E-state index is -0.0472. The zero-order chi connectivity index (χ0) is 15.5. The highest BCUT2D eigenvalue weighted by atomic mass is 16.2. The van der Waals surface area contributed by atoms with Crippen LogP contribution in [0.25, 0.3) is 0 Å². The summed E-state index contributed by atoms with van der Waals surface area (Å²) in [6.45, 7) is 5.51. The fourth-order valence-corrected chi connectivity index (χ4v) is 6.59. The number of Topliss-reactive ketones (excluding diaryl/α,β-unsaturated/α-hetero) is 1. The molecule has 122 valence electrons. The van der Waals surface area contributed by atoms with Gasteiger partial charge in [0.15, 0.2) is 0 Å². The van der Waals surface area contributed by atoms with Crippen LogP contribution in [0.3, 0.4) is 0 Å². The second-order valence-corrected chi connectivity index (χ2v) is 8.69. The zero-order valence-corrected chi connectivity index (χ0v) is 14.1. The van der Waals surface area contributed by atoms with E-state index in [0.29, 0.717) is 29.4 Å². The van der Waals surface area contributed by atoms with Crippen LogP contribution in [0.4, 0.5) is 0 Å². The summed E-state index contributed by atoms with van der Waals surface area (Å²) < 4.78 is 0. The molecule has 0 bridgehead atoms. The summed E-state index contributed by atoms with van der Waals surface area (Å²) in [5.41, 5.74) is 0.0118. The molecule has 2 saturated carbocycles. The lowest BCUT2D eigenvalue weighted by atomic mass is 9.53. The van der Waals surface area contributed by atoms with Crippen LogP contribution in [0.15, 0.2) is 0 Å². The van der Waals surface area contributed by atoms with Gasteiger partial charge in [0.2, 0.25) is 5.91 Å². The van der Waals surface area contributed by atoms with Crippen molar-refractivity contribution >= 4 is 11.7 Å². The van der Waals surface area contributed by atoms with Crippen LogP contribution in [0.5, 0.6) is 0 Å². The third-order valence-electron chi connectivity index (χ3n) is 7.87. The van der Waals surface area contributed by atoms with Crippen molar-refractivity contribution in [2.24, 2.45) is 23.2 Å². The Morgan fingerprint density at radius 3 is 2.59 bits per heavy atom. The average molecular weight is 303 g/mol. The maximum Gasteiger partial charge on any atom is 0.223 e. The molecule has 4 aliphatic rings. The molecule has 0 aromatic carbocycles.